The van der Waals surface area contributed by atoms with Crippen LogP contribution in [0, 0.1) is 18.6 Å². The van der Waals surface area contributed by atoms with Crippen LogP contribution < -0.4 is 0 Å². The number of benzene rings is 2. The molecule has 0 aliphatic carbocycles. The molecule has 1 unspecified atom stereocenters. The third kappa shape index (κ3) is 7.82. The lowest BCUT2D eigenvalue weighted by atomic mass is 9.90. The van der Waals surface area contributed by atoms with Crippen molar-refractivity contribution < 1.29 is 51.6 Å². The van der Waals surface area contributed by atoms with E-state index < -0.39 is 66.2 Å². The summed E-state index contributed by atoms with van der Waals surface area (Å²) in [5.41, 5.74) is 2.87. The molecule has 0 N–H and O–H groups in total. The van der Waals surface area contributed by atoms with E-state index in [0.717, 1.165) is 53.8 Å². The zero-order valence-electron chi connectivity index (χ0n) is 24.1. The number of hydrogen-bond acceptors (Lipinski definition) is 10. The Hall–Kier alpha value is -4.16. The van der Waals surface area contributed by atoms with Gasteiger partial charge in [-0.2, -0.15) is 0 Å². The molecule has 0 spiro atoms. The van der Waals surface area contributed by atoms with Gasteiger partial charge in [0, 0.05) is 43.9 Å². The Bertz CT molecular complexity index is 1540. The van der Waals surface area contributed by atoms with Gasteiger partial charge in [-0.25, -0.2) is 8.78 Å². The van der Waals surface area contributed by atoms with Crippen LogP contribution in [0.2, 0.25) is 0 Å². The van der Waals surface area contributed by atoms with Crippen molar-refractivity contribution in [3.63, 3.8) is 0 Å². The fourth-order valence-electron chi connectivity index (χ4n) is 4.82. The van der Waals surface area contributed by atoms with Gasteiger partial charge in [-0.05, 0) is 53.4 Å². The predicted octanol–water partition coefficient (Wildman–Crippen LogP) is 5.35. The van der Waals surface area contributed by atoms with Gasteiger partial charge in [-0.3, -0.25) is 19.2 Å². The van der Waals surface area contributed by atoms with Gasteiger partial charge in [0.1, 0.15) is 6.10 Å². The van der Waals surface area contributed by atoms with Crippen molar-refractivity contribution in [1.29, 1.82) is 0 Å². The average Bonchev–Trinajstić information content (AvgIpc) is 3.38. The molecular formula is C31H30F2O9S. The lowest BCUT2D eigenvalue weighted by Crippen LogP contribution is -2.59. The minimum Gasteiger partial charge on any atom is -0.455 e. The molecule has 43 heavy (non-hydrogen) atoms. The molecular weight excluding hydrogens is 586 g/mol. The van der Waals surface area contributed by atoms with Crippen molar-refractivity contribution in [2.45, 2.75) is 71.7 Å². The summed E-state index contributed by atoms with van der Waals surface area (Å²) in [7, 11) is 0. The topological polar surface area (TPSA) is 114 Å². The van der Waals surface area contributed by atoms with Crippen molar-refractivity contribution >= 4 is 35.2 Å². The van der Waals surface area contributed by atoms with E-state index in [4.69, 9.17) is 23.7 Å². The van der Waals surface area contributed by atoms with Crippen LogP contribution in [0.3, 0.4) is 0 Å². The van der Waals surface area contributed by atoms with E-state index in [9.17, 15) is 28.0 Å². The van der Waals surface area contributed by atoms with Crippen LogP contribution in [-0.2, 0) is 49.3 Å². The van der Waals surface area contributed by atoms with E-state index in [0.29, 0.717) is 17.5 Å². The molecule has 2 aromatic carbocycles. The summed E-state index contributed by atoms with van der Waals surface area (Å²) in [6, 6.07) is 12.9. The highest BCUT2D eigenvalue weighted by Crippen LogP contribution is 2.39. The highest BCUT2D eigenvalue weighted by molar-refractivity contribution is 7.15. The number of hydrogen-bond donors (Lipinski definition) is 0. The number of carbonyl (C=O) groups is 4. The normalized spacial score (nSPS) is 21.5. The average molecular weight is 617 g/mol. The van der Waals surface area contributed by atoms with Crippen LogP contribution in [0.5, 0.6) is 0 Å². The van der Waals surface area contributed by atoms with Crippen molar-refractivity contribution in [3.05, 3.63) is 81.7 Å². The second-order valence-corrected chi connectivity index (χ2v) is 11.2. The van der Waals surface area contributed by atoms with Gasteiger partial charge < -0.3 is 23.7 Å². The first-order valence-corrected chi connectivity index (χ1v) is 14.1. The van der Waals surface area contributed by atoms with Gasteiger partial charge in [0.2, 0.25) is 12.4 Å². The molecule has 9 nitrogen and oxygen atoms in total. The summed E-state index contributed by atoms with van der Waals surface area (Å²) in [5.74, 6) is -4.82. The Balaban J connectivity index is 1.71. The van der Waals surface area contributed by atoms with Crippen molar-refractivity contribution in [2.75, 3.05) is 0 Å². The largest absolute Gasteiger partial charge is 0.455 e. The van der Waals surface area contributed by atoms with Crippen LogP contribution in [-0.4, -0.2) is 48.5 Å². The molecule has 1 saturated heterocycles. The van der Waals surface area contributed by atoms with Gasteiger partial charge in [-0.15, -0.1) is 11.3 Å². The first-order valence-electron chi connectivity index (χ1n) is 13.3. The number of halogens is 2. The standard InChI is InChI=1S/C31H30F2O9S/c1-15-6-7-21(12-22(15)13-23-9-11-26(43-23)20-8-10-24(32)25(33)14-20)27-28(38-16(2)34)29(39-17(3)35)30(40-18(4)36)31(42-27)41-19(5)37/h6-12,14,27-31H,13H2,1-5H3/t27?,28-,29+,30-,31-/m0/s1. The zero-order valence-corrected chi connectivity index (χ0v) is 24.9. The highest BCUT2D eigenvalue weighted by atomic mass is 32.1. The summed E-state index contributed by atoms with van der Waals surface area (Å²) < 4.78 is 55.0. The number of thiophene rings is 1. The molecule has 1 fully saturated rings. The van der Waals surface area contributed by atoms with E-state index in [-0.39, 0.29) is 0 Å². The SMILES string of the molecule is CC(=O)O[C@H]1OC(c2ccc(C)c(Cc3ccc(-c4ccc(F)c(F)c4)s3)c2)[C@H](OC(C)=O)[C@@H](OC(C)=O)[C@@H]1OC(C)=O. The monoisotopic (exact) mass is 616 g/mol. The molecule has 0 radical (unpaired) electrons. The highest BCUT2D eigenvalue weighted by Gasteiger charge is 2.53. The minimum absolute atomic E-state index is 0.468. The number of esters is 4. The maximum Gasteiger partial charge on any atom is 0.305 e. The fraction of sp³-hybridized carbons (Fsp3) is 0.355. The molecule has 228 valence electrons. The van der Waals surface area contributed by atoms with Gasteiger partial charge in [0.15, 0.2) is 23.8 Å². The van der Waals surface area contributed by atoms with E-state index in [1.54, 1.807) is 6.07 Å². The number of aryl methyl sites for hydroxylation is 1. The van der Waals surface area contributed by atoms with Crippen molar-refractivity contribution in [1.82, 2.24) is 0 Å². The summed E-state index contributed by atoms with van der Waals surface area (Å²) in [6.45, 7) is 6.48. The Morgan fingerprint density at radius 1 is 0.744 bits per heavy atom. The van der Waals surface area contributed by atoms with E-state index >= 15 is 0 Å². The second-order valence-electron chi connectivity index (χ2n) is 10.0. The number of ether oxygens (including phenoxy) is 5. The first kappa shape index (κ1) is 31.8. The molecule has 1 aromatic heterocycles. The lowest BCUT2D eigenvalue weighted by Gasteiger charge is -2.44. The number of rotatable bonds is 8. The molecule has 5 atom stereocenters. The molecule has 4 rings (SSSR count). The number of carbonyl (C=O) groups excluding carboxylic acids is 4. The van der Waals surface area contributed by atoms with Crippen LogP contribution in [0.25, 0.3) is 10.4 Å². The summed E-state index contributed by atoms with van der Waals surface area (Å²) >= 11 is 1.42. The summed E-state index contributed by atoms with van der Waals surface area (Å²) in [5, 5.41) is 0. The lowest BCUT2D eigenvalue weighted by molar-refractivity contribution is -0.298. The molecule has 0 saturated carbocycles. The quantitative estimate of drug-likeness (QED) is 0.244. The molecule has 2 heterocycles. The first-order chi connectivity index (χ1) is 20.3. The Kier molecular flexibility index (Phi) is 9.92. The molecule has 0 amide bonds. The Labute approximate surface area is 250 Å². The van der Waals surface area contributed by atoms with Crippen LogP contribution in [0.1, 0.15) is 55.4 Å². The van der Waals surface area contributed by atoms with Gasteiger partial charge in [0.05, 0.1) is 0 Å². The van der Waals surface area contributed by atoms with Crippen LogP contribution in [0.4, 0.5) is 8.78 Å². The Morgan fingerprint density at radius 3 is 2.00 bits per heavy atom. The third-order valence-electron chi connectivity index (χ3n) is 6.62. The van der Waals surface area contributed by atoms with E-state index in [1.807, 2.05) is 31.2 Å². The molecule has 12 heteroatoms. The molecule has 1 aliphatic heterocycles. The minimum atomic E-state index is -1.48. The summed E-state index contributed by atoms with van der Waals surface area (Å²) in [4.78, 5) is 49.8. The smallest absolute Gasteiger partial charge is 0.305 e. The molecule has 0 bridgehead atoms. The van der Waals surface area contributed by atoms with Crippen molar-refractivity contribution in [2.24, 2.45) is 0 Å². The predicted molar refractivity (Wildman–Crippen MR) is 150 cm³/mol. The Morgan fingerprint density at radius 2 is 1.37 bits per heavy atom. The molecule has 1 aliphatic rings. The second kappa shape index (κ2) is 13.4. The van der Waals surface area contributed by atoms with Gasteiger partial charge in [0.25, 0.3) is 0 Å². The fourth-order valence-corrected chi connectivity index (χ4v) is 5.85. The summed E-state index contributed by atoms with van der Waals surface area (Å²) in [6.07, 6.45) is -6.16. The zero-order chi connectivity index (χ0) is 31.4. The third-order valence-corrected chi connectivity index (χ3v) is 7.75. The van der Waals surface area contributed by atoms with E-state index in [1.165, 1.54) is 24.3 Å². The van der Waals surface area contributed by atoms with Gasteiger partial charge in [-0.1, -0.05) is 24.3 Å². The van der Waals surface area contributed by atoms with E-state index in [2.05, 4.69) is 0 Å². The van der Waals surface area contributed by atoms with Gasteiger partial charge >= 0.3 is 23.9 Å². The van der Waals surface area contributed by atoms with Crippen molar-refractivity contribution in [3.8, 4) is 10.4 Å². The van der Waals surface area contributed by atoms with Crippen LogP contribution >= 0.6 is 11.3 Å². The maximum atomic E-state index is 13.8. The van der Waals surface area contributed by atoms with Crippen LogP contribution in [0.15, 0.2) is 48.5 Å². The maximum absolute atomic E-state index is 13.8. The molecule has 3 aromatic rings.